The monoisotopic (exact) mass is 343 g/mol. The number of hydrogen-bond acceptors (Lipinski definition) is 4. The molecule has 0 bridgehead atoms. The highest BCUT2D eigenvalue weighted by Gasteiger charge is 2.16. The van der Waals surface area contributed by atoms with E-state index in [4.69, 9.17) is 20.8 Å². The first-order valence-corrected chi connectivity index (χ1v) is 7.62. The standard InChI is InChI=1S/C18H14ClNO4/c1-11-4-2-3-5-14(11)20-17(21)10-23-18(22)16-9-12-8-13(19)6-7-15(12)24-16/h2-9H,10H2,1H3,(H,20,21). The number of para-hydroxylation sites is 1. The average molecular weight is 344 g/mol. The number of nitrogens with one attached hydrogen (secondary N) is 1. The second-order valence-corrected chi connectivity index (χ2v) is 5.67. The van der Waals surface area contributed by atoms with Crippen LogP contribution in [0.4, 0.5) is 5.69 Å². The summed E-state index contributed by atoms with van der Waals surface area (Å²) in [6.45, 7) is 1.48. The van der Waals surface area contributed by atoms with Crippen molar-refractivity contribution in [2.75, 3.05) is 11.9 Å². The molecule has 0 atom stereocenters. The van der Waals surface area contributed by atoms with E-state index in [0.717, 1.165) is 5.56 Å². The van der Waals surface area contributed by atoms with E-state index in [9.17, 15) is 9.59 Å². The zero-order chi connectivity index (χ0) is 17.1. The minimum Gasteiger partial charge on any atom is -0.450 e. The van der Waals surface area contributed by atoms with E-state index in [-0.39, 0.29) is 5.76 Å². The van der Waals surface area contributed by atoms with Gasteiger partial charge in [0.05, 0.1) is 0 Å². The van der Waals surface area contributed by atoms with Gasteiger partial charge in [-0.05, 0) is 42.8 Å². The predicted molar refractivity (Wildman–Crippen MR) is 91.3 cm³/mol. The Balaban J connectivity index is 1.62. The molecule has 122 valence electrons. The Labute approximate surface area is 143 Å². The van der Waals surface area contributed by atoms with Gasteiger partial charge < -0.3 is 14.5 Å². The second-order valence-electron chi connectivity index (χ2n) is 5.23. The van der Waals surface area contributed by atoms with Crippen LogP contribution in [0.1, 0.15) is 16.1 Å². The number of benzene rings is 2. The zero-order valence-corrected chi connectivity index (χ0v) is 13.6. The van der Waals surface area contributed by atoms with Gasteiger partial charge in [-0.15, -0.1) is 0 Å². The smallest absolute Gasteiger partial charge is 0.374 e. The molecule has 2 aromatic carbocycles. The molecule has 0 radical (unpaired) electrons. The summed E-state index contributed by atoms with van der Waals surface area (Å²) in [4.78, 5) is 23.9. The number of hydrogen-bond donors (Lipinski definition) is 1. The Morgan fingerprint density at radius 3 is 2.75 bits per heavy atom. The lowest BCUT2D eigenvalue weighted by Gasteiger charge is -2.08. The molecular formula is C18H14ClNO4. The van der Waals surface area contributed by atoms with Crippen LogP contribution in [0.3, 0.4) is 0 Å². The molecule has 0 saturated carbocycles. The highest BCUT2D eigenvalue weighted by molar-refractivity contribution is 6.31. The van der Waals surface area contributed by atoms with E-state index in [1.165, 1.54) is 6.07 Å². The predicted octanol–water partition coefficient (Wildman–Crippen LogP) is 4.19. The van der Waals surface area contributed by atoms with Crippen molar-refractivity contribution in [1.82, 2.24) is 0 Å². The van der Waals surface area contributed by atoms with Crippen molar-refractivity contribution >= 4 is 40.1 Å². The van der Waals surface area contributed by atoms with Crippen molar-refractivity contribution in [3.05, 3.63) is 64.9 Å². The summed E-state index contributed by atoms with van der Waals surface area (Å²) in [6.07, 6.45) is 0. The third-order valence-electron chi connectivity index (χ3n) is 3.43. The van der Waals surface area contributed by atoms with E-state index in [1.54, 1.807) is 24.3 Å². The van der Waals surface area contributed by atoms with Crippen molar-refractivity contribution in [2.24, 2.45) is 0 Å². The summed E-state index contributed by atoms with van der Waals surface area (Å²) in [5.41, 5.74) is 2.12. The summed E-state index contributed by atoms with van der Waals surface area (Å²) in [5.74, 6) is -1.10. The molecule has 0 aliphatic carbocycles. The van der Waals surface area contributed by atoms with Gasteiger partial charge in [0.1, 0.15) is 5.58 Å². The van der Waals surface area contributed by atoms with E-state index in [0.29, 0.717) is 21.7 Å². The Hall–Kier alpha value is -2.79. The van der Waals surface area contributed by atoms with Gasteiger partial charge in [0.15, 0.2) is 6.61 Å². The van der Waals surface area contributed by atoms with E-state index in [1.807, 2.05) is 25.1 Å². The van der Waals surface area contributed by atoms with Crippen LogP contribution >= 0.6 is 11.6 Å². The molecule has 0 fully saturated rings. The van der Waals surface area contributed by atoms with Gasteiger partial charge in [-0.1, -0.05) is 29.8 Å². The Bertz CT molecular complexity index is 916. The fourth-order valence-electron chi connectivity index (χ4n) is 2.22. The van der Waals surface area contributed by atoms with Crippen LogP contribution in [0.2, 0.25) is 5.02 Å². The Kier molecular flexibility index (Phi) is 4.53. The molecule has 0 aliphatic heterocycles. The summed E-state index contributed by atoms with van der Waals surface area (Å²) in [6, 6.07) is 13.9. The third kappa shape index (κ3) is 3.58. The molecule has 0 saturated heterocycles. The molecule has 3 aromatic rings. The minimum atomic E-state index is -0.706. The highest BCUT2D eigenvalue weighted by Crippen LogP contribution is 2.23. The summed E-state index contributed by atoms with van der Waals surface area (Å²) in [7, 11) is 0. The molecule has 24 heavy (non-hydrogen) atoms. The van der Waals surface area contributed by atoms with Crippen LogP contribution in [0.15, 0.2) is 52.9 Å². The Morgan fingerprint density at radius 2 is 1.96 bits per heavy atom. The quantitative estimate of drug-likeness (QED) is 0.721. The van der Waals surface area contributed by atoms with E-state index < -0.39 is 18.5 Å². The van der Waals surface area contributed by atoms with Crippen LogP contribution in [0.5, 0.6) is 0 Å². The van der Waals surface area contributed by atoms with E-state index in [2.05, 4.69) is 5.32 Å². The van der Waals surface area contributed by atoms with Gasteiger partial charge in [0.2, 0.25) is 5.76 Å². The lowest BCUT2D eigenvalue weighted by Crippen LogP contribution is -2.21. The number of carbonyl (C=O) groups is 2. The molecule has 0 aliphatic rings. The molecule has 5 nitrogen and oxygen atoms in total. The number of carbonyl (C=O) groups excluding carboxylic acids is 2. The number of furan rings is 1. The van der Waals surface area contributed by atoms with Crippen LogP contribution in [-0.4, -0.2) is 18.5 Å². The number of fused-ring (bicyclic) bond motifs is 1. The molecule has 1 amide bonds. The molecule has 1 N–H and O–H groups in total. The number of rotatable bonds is 4. The second kappa shape index (κ2) is 6.76. The van der Waals surface area contributed by atoms with E-state index >= 15 is 0 Å². The fraction of sp³-hybridized carbons (Fsp3) is 0.111. The molecule has 0 spiro atoms. The van der Waals surface area contributed by atoms with Gasteiger partial charge in [-0.2, -0.15) is 0 Å². The van der Waals surface area contributed by atoms with Crippen molar-refractivity contribution < 1.29 is 18.7 Å². The number of ether oxygens (including phenoxy) is 1. The first kappa shape index (κ1) is 16.1. The minimum absolute atomic E-state index is 0.0240. The maximum absolute atomic E-state index is 12.0. The SMILES string of the molecule is Cc1ccccc1NC(=O)COC(=O)c1cc2cc(Cl)ccc2o1. The van der Waals surface area contributed by atoms with Crippen molar-refractivity contribution in [1.29, 1.82) is 0 Å². The van der Waals surface area contributed by atoms with Crippen molar-refractivity contribution in [3.63, 3.8) is 0 Å². The first-order valence-electron chi connectivity index (χ1n) is 7.24. The average Bonchev–Trinajstić information content (AvgIpc) is 2.98. The van der Waals surface area contributed by atoms with Gasteiger partial charge in [-0.3, -0.25) is 4.79 Å². The Morgan fingerprint density at radius 1 is 1.17 bits per heavy atom. The third-order valence-corrected chi connectivity index (χ3v) is 3.67. The van der Waals surface area contributed by atoms with Gasteiger partial charge >= 0.3 is 5.97 Å². The normalized spacial score (nSPS) is 10.6. The highest BCUT2D eigenvalue weighted by atomic mass is 35.5. The molecule has 3 rings (SSSR count). The van der Waals surface area contributed by atoms with Crippen LogP contribution in [-0.2, 0) is 9.53 Å². The van der Waals surface area contributed by atoms with Gasteiger partial charge in [0, 0.05) is 16.1 Å². The van der Waals surface area contributed by atoms with Crippen LogP contribution in [0, 0.1) is 6.92 Å². The first-order chi connectivity index (χ1) is 11.5. The fourth-order valence-corrected chi connectivity index (χ4v) is 2.40. The van der Waals surface area contributed by atoms with Crippen molar-refractivity contribution in [3.8, 4) is 0 Å². The van der Waals surface area contributed by atoms with Crippen LogP contribution < -0.4 is 5.32 Å². The lowest BCUT2D eigenvalue weighted by molar-refractivity contribution is -0.119. The number of aryl methyl sites for hydroxylation is 1. The molecule has 0 unspecified atom stereocenters. The largest absolute Gasteiger partial charge is 0.450 e. The molecule has 1 heterocycles. The molecule has 6 heteroatoms. The number of anilines is 1. The summed E-state index contributed by atoms with van der Waals surface area (Å²) >= 11 is 5.89. The summed E-state index contributed by atoms with van der Waals surface area (Å²) in [5, 5.41) is 3.92. The van der Waals surface area contributed by atoms with Crippen LogP contribution in [0.25, 0.3) is 11.0 Å². The molecule has 1 aromatic heterocycles. The maximum atomic E-state index is 12.0. The maximum Gasteiger partial charge on any atom is 0.374 e. The van der Waals surface area contributed by atoms with Gasteiger partial charge in [0.25, 0.3) is 5.91 Å². The lowest BCUT2D eigenvalue weighted by atomic mass is 10.2. The number of esters is 1. The zero-order valence-electron chi connectivity index (χ0n) is 12.8. The number of halogens is 1. The number of amides is 1. The molecular weight excluding hydrogens is 330 g/mol. The summed E-state index contributed by atoms with van der Waals surface area (Å²) < 4.78 is 10.4. The topological polar surface area (TPSA) is 68.5 Å². The van der Waals surface area contributed by atoms with Gasteiger partial charge in [-0.25, -0.2) is 4.79 Å². The van der Waals surface area contributed by atoms with Crippen molar-refractivity contribution in [2.45, 2.75) is 6.92 Å².